The number of aromatic nitrogens is 1. The van der Waals surface area contributed by atoms with Gasteiger partial charge in [-0.25, -0.2) is 5.01 Å². The minimum Gasteiger partial charge on any atom is -0.497 e. The molecular formula is C31H31N3O5. The molecule has 39 heavy (non-hydrogen) atoms. The minimum absolute atomic E-state index is 0.126. The third kappa shape index (κ3) is 4.78. The van der Waals surface area contributed by atoms with Crippen molar-refractivity contribution in [3.8, 4) is 5.75 Å². The molecule has 1 N–H and O–H groups in total. The van der Waals surface area contributed by atoms with Crippen LogP contribution in [0.5, 0.6) is 5.75 Å². The molecule has 5 rings (SSSR count). The van der Waals surface area contributed by atoms with Crippen LogP contribution in [0.25, 0.3) is 10.9 Å². The summed E-state index contributed by atoms with van der Waals surface area (Å²) in [5, 5.41) is 1.98. The molecule has 0 radical (unpaired) electrons. The molecule has 2 aromatic carbocycles. The van der Waals surface area contributed by atoms with E-state index in [1.54, 1.807) is 60.2 Å². The minimum atomic E-state index is -0.736. The van der Waals surface area contributed by atoms with Gasteiger partial charge >= 0.3 is 0 Å². The molecule has 200 valence electrons. The second-order valence-corrected chi connectivity index (χ2v) is 10.8. The van der Waals surface area contributed by atoms with Crippen LogP contribution in [0, 0.1) is 5.41 Å². The first kappa shape index (κ1) is 26.2. The summed E-state index contributed by atoms with van der Waals surface area (Å²) in [7, 11) is 1.57. The van der Waals surface area contributed by atoms with Crippen molar-refractivity contribution in [3.05, 3.63) is 100 Å². The maximum Gasteiger partial charge on any atom is 0.270 e. The molecule has 0 spiro atoms. The number of benzene rings is 2. The predicted molar refractivity (Wildman–Crippen MR) is 148 cm³/mol. The Balaban J connectivity index is 1.68. The number of methoxy groups -OCH3 is 1. The number of allylic oxidation sites excluding steroid dienone is 3. The van der Waals surface area contributed by atoms with Crippen LogP contribution in [-0.2, 0) is 16.1 Å². The number of fused-ring (bicyclic) bond motifs is 1. The Kier molecular flexibility index (Phi) is 6.72. The van der Waals surface area contributed by atoms with Gasteiger partial charge < -0.3 is 9.30 Å². The van der Waals surface area contributed by atoms with Crippen molar-refractivity contribution in [2.24, 2.45) is 5.41 Å². The molecule has 1 unspecified atom stereocenters. The van der Waals surface area contributed by atoms with Crippen molar-refractivity contribution >= 4 is 28.5 Å². The Labute approximate surface area is 226 Å². The topological polar surface area (TPSA) is 97.7 Å². The summed E-state index contributed by atoms with van der Waals surface area (Å²) in [6.07, 6.45) is 2.19. The molecule has 1 atom stereocenters. The molecule has 0 bridgehead atoms. The Morgan fingerprint density at radius 3 is 2.54 bits per heavy atom. The van der Waals surface area contributed by atoms with E-state index in [9.17, 15) is 19.2 Å². The normalized spacial score (nSPS) is 18.6. The van der Waals surface area contributed by atoms with Crippen LogP contribution in [-0.4, -0.2) is 34.3 Å². The van der Waals surface area contributed by atoms with Crippen LogP contribution in [0.1, 0.15) is 54.9 Å². The van der Waals surface area contributed by atoms with E-state index in [4.69, 9.17) is 4.74 Å². The van der Waals surface area contributed by atoms with Gasteiger partial charge in [-0.1, -0.05) is 38.1 Å². The lowest BCUT2D eigenvalue weighted by Crippen LogP contribution is -2.52. The fourth-order valence-corrected chi connectivity index (χ4v) is 5.64. The molecule has 2 amide bonds. The predicted octanol–water partition coefficient (Wildman–Crippen LogP) is 4.50. The number of amides is 2. The maximum atomic E-state index is 13.8. The van der Waals surface area contributed by atoms with Crippen molar-refractivity contribution in [2.45, 2.75) is 45.6 Å². The Hall–Kier alpha value is -4.46. The molecular weight excluding hydrogens is 494 g/mol. The van der Waals surface area contributed by atoms with Gasteiger partial charge in [0.2, 0.25) is 5.91 Å². The molecule has 1 aromatic heterocycles. The van der Waals surface area contributed by atoms with Crippen LogP contribution in [0.3, 0.4) is 0 Å². The number of hydrogen-bond donors (Lipinski definition) is 1. The van der Waals surface area contributed by atoms with Gasteiger partial charge in [-0.05, 0) is 48.2 Å². The number of hydrazine groups is 1. The number of carbonyl (C=O) groups excluding carboxylic acids is 3. The zero-order valence-electron chi connectivity index (χ0n) is 22.3. The van der Waals surface area contributed by atoms with Gasteiger partial charge in [-0.2, -0.15) is 0 Å². The van der Waals surface area contributed by atoms with Gasteiger partial charge in [-0.15, -0.1) is 6.58 Å². The van der Waals surface area contributed by atoms with E-state index in [0.717, 1.165) is 5.39 Å². The van der Waals surface area contributed by atoms with Gasteiger partial charge in [0.05, 0.1) is 18.3 Å². The van der Waals surface area contributed by atoms with Crippen LogP contribution in [0.15, 0.2) is 83.3 Å². The number of hydrogen-bond acceptors (Lipinski definition) is 5. The van der Waals surface area contributed by atoms with Crippen LogP contribution >= 0.6 is 0 Å². The number of carbonyl (C=O) groups is 3. The number of nitrogens with one attached hydrogen (secondary N) is 1. The lowest BCUT2D eigenvalue weighted by atomic mass is 9.69. The third-order valence-corrected chi connectivity index (χ3v) is 7.41. The van der Waals surface area contributed by atoms with E-state index in [1.165, 1.54) is 5.01 Å². The molecule has 3 aromatic rings. The summed E-state index contributed by atoms with van der Waals surface area (Å²) in [6.45, 7) is 7.98. The highest BCUT2D eigenvalue weighted by Gasteiger charge is 2.45. The van der Waals surface area contributed by atoms with Gasteiger partial charge in [0.1, 0.15) is 5.75 Å². The van der Waals surface area contributed by atoms with E-state index in [-0.39, 0.29) is 36.6 Å². The average Bonchev–Trinajstić information content (AvgIpc) is 2.91. The number of rotatable bonds is 6. The summed E-state index contributed by atoms with van der Waals surface area (Å²) >= 11 is 0. The Bertz CT molecular complexity index is 1600. The monoisotopic (exact) mass is 525 g/mol. The molecule has 0 saturated carbocycles. The number of Topliss-reactive ketones (excluding diaryl/α,β-unsaturated/α-hetero) is 1. The fraction of sp³-hybridized carbons (Fsp3) is 0.290. The first-order valence-electron chi connectivity index (χ1n) is 12.9. The molecule has 8 nitrogen and oxygen atoms in total. The second kappa shape index (κ2) is 10.0. The second-order valence-electron chi connectivity index (χ2n) is 10.8. The number of ether oxygens (including phenoxy) is 1. The zero-order valence-corrected chi connectivity index (χ0v) is 22.3. The smallest absolute Gasteiger partial charge is 0.270 e. The first-order valence-corrected chi connectivity index (χ1v) is 12.9. The van der Waals surface area contributed by atoms with E-state index < -0.39 is 17.2 Å². The van der Waals surface area contributed by atoms with Crippen molar-refractivity contribution in [1.82, 2.24) is 15.0 Å². The summed E-state index contributed by atoms with van der Waals surface area (Å²) in [4.78, 5) is 54.2. The number of nitrogens with zero attached hydrogens (tertiary/aromatic N) is 2. The SMILES string of the molecule is C=CCn1c(=O)c(C2CC(=O)N(NC(=O)c3ccccc3)C3=C2C(=O)CC(C)(C)C3)cc2cc(OC)ccc21. The molecule has 2 aliphatic rings. The van der Waals surface area contributed by atoms with E-state index in [1.807, 2.05) is 26.0 Å². The van der Waals surface area contributed by atoms with Gasteiger partial charge in [0.25, 0.3) is 11.5 Å². The summed E-state index contributed by atoms with van der Waals surface area (Å²) in [6, 6.07) is 15.8. The van der Waals surface area contributed by atoms with Crippen LogP contribution in [0.2, 0.25) is 0 Å². The Morgan fingerprint density at radius 1 is 1.10 bits per heavy atom. The lowest BCUT2D eigenvalue weighted by Gasteiger charge is -2.42. The fourth-order valence-electron chi connectivity index (χ4n) is 5.64. The largest absolute Gasteiger partial charge is 0.497 e. The highest BCUT2D eigenvalue weighted by molar-refractivity contribution is 6.03. The van der Waals surface area contributed by atoms with Crippen molar-refractivity contribution in [3.63, 3.8) is 0 Å². The molecule has 8 heteroatoms. The highest BCUT2D eigenvalue weighted by Crippen LogP contribution is 2.46. The molecule has 1 aliphatic carbocycles. The zero-order chi connectivity index (χ0) is 27.9. The Morgan fingerprint density at radius 2 is 1.85 bits per heavy atom. The van der Waals surface area contributed by atoms with Crippen LogP contribution < -0.4 is 15.7 Å². The molecule has 0 fully saturated rings. The summed E-state index contributed by atoms with van der Waals surface area (Å²) in [5.41, 5.74) is 4.34. The van der Waals surface area contributed by atoms with Crippen molar-refractivity contribution < 1.29 is 19.1 Å². The molecule has 2 heterocycles. The summed E-state index contributed by atoms with van der Waals surface area (Å²) < 4.78 is 7.00. The molecule has 1 aliphatic heterocycles. The van der Waals surface area contributed by atoms with Gasteiger partial charge in [0, 0.05) is 47.4 Å². The quantitative estimate of drug-likeness (QED) is 0.478. The van der Waals surface area contributed by atoms with Crippen molar-refractivity contribution in [2.75, 3.05) is 7.11 Å². The first-order chi connectivity index (χ1) is 18.6. The molecule has 0 saturated heterocycles. The van der Waals surface area contributed by atoms with Crippen molar-refractivity contribution in [1.29, 1.82) is 0 Å². The average molecular weight is 526 g/mol. The van der Waals surface area contributed by atoms with Gasteiger partial charge in [-0.3, -0.25) is 24.6 Å². The lowest BCUT2D eigenvalue weighted by molar-refractivity contribution is -0.134. The summed E-state index contributed by atoms with van der Waals surface area (Å²) in [5.74, 6) is -1.06. The van der Waals surface area contributed by atoms with Gasteiger partial charge in [0.15, 0.2) is 5.78 Å². The maximum absolute atomic E-state index is 13.8. The highest BCUT2D eigenvalue weighted by atomic mass is 16.5. The van der Waals surface area contributed by atoms with E-state index >= 15 is 0 Å². The van der Waals surface area contributed by atoms with Crippen LogP contribution in [0.4, 0.5) is 0 Å². The van der Waals surface area contributed by atoms with E-state index in [0.29, 0.717) is 40.1 Å². The third-order valence-electron chi connectivity index (χ3n) is 7.41. The number of ketones is 1. The number of pyridine rings is 1. The standard InChI is InChI=1S/C31H31N3O5/c1-5-13-33-24-12-11-21(39-4)14-20(24)15-23(30(33)38)22-16-27(36)34(32-29(37)19-9-7-6-8-10-19)25-17-31(2,3)18-26(35)28(22)25/h5-12,14-15,22H,1,13,16-18H2,2-4H3,(H,32,37). The van der Waals surface area contributed by atoms with E-state index in [2.05, 4.69) is 12.0 Å².